The fraction of sp³-hybridized carbons (Fsp3) is 0.231. The quantitative estimate of drug-likeness (QED) is 0.870. The molecule has 6 nitrogen and oxygen atoms in total. The molecule has 0 saturated carbocycles. The van der Waals surface area contributed by atoms with Gasteiger partial charge in [0, 0.05) is 12.1 Å². The third kappa shape index (κ3) is 3.32. The van der Waals surface area contributed by atoms with Crippen molar-refractivity contribution in [1.29, 1.82) is 0 Å². The van der Waals surface area contributed by atoms with Crippen molar-refractivity contribution < 1.29 is 19.0 Å². The second-order valence-corrected chi connectivity index (χ2v) is 3.69. The zero-order chi connectivity index (χ0) is 13.7. The van der Waals surface area contributed by atoms with Crippen LogP contribution in [0.3, 0.4) is 0 Å². The maximum Gasteiger partial charge on any atom is 0.227 e. The highest BCUT2D eigenvalue weighted by molar-refractivity contribution is 5.19. The van der Waals surface area contributed by atoms with Crippen molar-refractivity contribution in [1.82, 2.24) is 4.98 Å². The number of rotatable bonds is 5. The van der Waals surface area contributed by atoms with Gasteiger partial charge in [0.25, 0.3) is 0 Å². The molecule has 0 aliphatic rings. The molecule has 0 aromatic carbocycles. The average Bonchev–Trinajstić information content (AvgIpc) is 2.46. The van der Waals surface area contributed by atoms with Gasteiger partial charge in [0.05, 0.1) is 12.8 Å². The summed E-state index contributed by atoms with van der Waals surface area (Å²) in [4.78, 5) is 15.8. The summed E-state index contributed by atoms with van der Waals surface area (Å²) in [7, 11) is 1.52. The lowest BCUT2D eigenvalue weighted by molar-refractivity contribution is 0.235. The number of pyridine rings is 1. The van der Waals surface area contributed by atoms with Crippen LogP contribution in [0.25, 0.3) is 0 Å². The Morgan fingerprint density at radius 2 is 2.26 bits per heavy atom. The van der Waals surface area contributed by atoms with Gasteiger partial charge in [-0.3, -0.25) is 4.79 Å². The second kappa shape index (κ2) is 6.01. The number of hydrogen-bond acceptors (Lipinski definition) is 6. The molecule has 1 N–H and O–H groups in total. The highest BCUT2D eigenvalue weighted by Gasteiger charge is 2.05. The van der Waals surface area contributed by atoms with E-state index in [1.807, 2.05) is 0 Å². The van der Waals surface area contributed by atoms with Gasteiger partial charge in [-0.2, -0.15) is 0 Å². The number of ether oxygens (including phenoxy) is 2. The fourth-order valence-corrected chi connectivity index (χ4v) is 1.43. The monoisotopic (exact) mass is 263 g/mol. The molecule has 0 fully saturated rings. The SMILES string of the molecule is COc1cccc(COc2coc(CO)cc2=O)n1. The summed E-state index contributed by atoms with van der Waals surface area (Å²) in [6, 6.07) is 6.44. The number of aromatic nitrogens is 1. The van der Waals surface area contributed by atoms with Gasteiger partial charge in [0.2, 0.25) is 17.1 Å². The summed E-state index contributed by atoms with van der Waals surface area (Å²) in [6.07, 6.45) is 1.17. The molecule has 0 unspecified atom stereocenters. The van der Waals surface area contributed by atoms with Crippen molar-refractivity contribution in [3.63, 3.8) is 0 Å². The van der Waals surface area contributed by atoms with Gasteiger partial charge in [-0.1, -0.05) is 6.07 Å². The number of nitrogens with zero attached hydrogens (tertiary/aromatic N) is 1. The Labute approximate surface area is 109 Å². The van der Waals surface area contributed by atoms with Gasteiger partial charge < -0.3 is 19.0 Å². The van der Waals surface area contributed by atoms with E-state index in [0.29, 0.717) is 11.6 Å². The standard InChI is InChI=1S/C13H13NO5/c1-17-13-4-2-3-9(14-13)7-19-12-8-18-10(6-15)5-11(12)16/h2-5,8,15H,6-7H2,1H3. The van der Waals surface area contributed by atoms with Gasteiger partial charge >= 0.3 is 0 Å². The first-order valence-corrected chi connectivity index (χ1v) is 5.58. The zero-order valence-electron chi connectivity index (χ0n) is 10.3. The van der Waals surface area contributed by atoms with Crippen molar-refractivity contribution in [3.05, 3.63) is 52.2 Å². The highest BCUT2D eigenvalue weighted by atomic mass is 16.5. The Balaban J connectivity index is 2.08. The normalized spacial score (nSPS) is 10.2. The van der Waals surface area contributed by atoms with Crippen LogP contribution in [0.4, 0.5) is 0 Å². The minimum absolute atomic E-state index is 0.0711. The van der Waals surface area contributed by atoms with E-state index in [2.05, 4.69) is 4.98 Å². The average molecular weight is 263 g/mol. The lowest BCUT2D eigenvalue weighted by Crippen LogP contribution is -2.08. The summed E-state index contributed by atoms with van der Waals surface area (Å²) in [5.41, 5.74) is 0.281. The summed E-state index contributed by atoms with van der Waals surface area (Å²) < 4.78 is 15.3. The van der Waals surface area contributed by atoms with Crippen molar-refractivity contribution >= 4 is 0 Å². The molecule has 2 aromatic heterocycles. The molecule has 0 amide bonds. The van der Waals surface area contributed by atoms with Gasteiger partial charge in [-0.05, 0) is 6.07 Å². The first-order valence-electron chi connectivity index (χ1n) is 5.58. The predicted octanol–water partition coefficient (Wildman–Crippen LogP) is 1.11. The van der Waals surface area contributed by atoms with Gasteiger partial charge in [-0.15, -0.1) is 0 Å². The Kier molecular flexibility index (Phi) is 4.15. The molecule has 6 heteroatoms. The van der Waals surface area contributed by atoms with Crippen LogP contribution in [-0.2, 0) is 13.2 Å². The first kappa shape index (κ1) is 13.1. The summed E-state index contributed by atoms with van der Waals surface area (Å²) in [5.74, 6) is 0.738. The molecule has 0 saturated heterocycles. The molecular formula is C13H13NO5. The topological polar surface area (TPSA) is 81.8 Å². The minimum atomic E-state index is -0.349. The van der Waals surface area contributed by atoms with E-state index in [0.717, 1.165) is 0 Å². The van der Waals surface area contributed by atoms with E-state index in [9.17, 15) is 4.79 Å². The van der Waals surface area contributed by atoms with Crippen LogP contribution in [0, 0.1) is 0 Å². The highest BCUT2D eigenvalue weighted by Crippen LogP contribution is 2.10. The van der Waals surface area contributed by atoms with Crippen LogP contribution < -0.4 is 14.9 Å². The molecule has 0 aliphatic heterocycles. The molecule has 0 atom stereocenters. The third-order valence-electron chi connectivity index (χ3n) is 2.37. The second-order valence-electron chi connectivity index (χ2n) is 3.69. The Bertz CT molecular complexity index is 608. The predicted molar refractivity (Wildman–Crippen MR) is 66.0 cm³/mol. The third-order valence-corrected chi connectivity index (χ3v) is 2.37. The van der Waals surface area contributed by atoms with Crippen LogP contribution in [0.5, 0.6) is 11.6 Å². The zero-order valence-corrected chi connectivity index (χ0v) is 10.3. The van der Waals surface area contributed by atoms with Gasteiger partial charge in [0.1, 0.15) is 25.2 Å². The molecular weight excluding hydrogens is 250 g/mol. The lowest BCUT2D eigenvalue weighted by Gasteiger charge is -2.06. The molecule has 0 aliphatic carbocycles. The minimum Gasteiger partial charge on any atom is -0.481 e. The molecule has 19 heavy (non-hydrogen) atoms. The maximum atomic E-state index is 11.6. The molecule has 100 valence electrons. The van der Waals surface area contributed by atoms with E-state index < -0.39 is 0 Å². The van der Waals surface area contributed by atoms with Crippen molar-refractivity contribution in [2.45, 2.75) is 13.2 Å². The summed E-state index contributed by atoms with van der Waals surface area (Å²) in [5, 5.41) is 8.82. The molecule has 2 heterocycles. The largest absolute Gasteiger partial charge is 0.481 e. The molecule has 0 bridgehead atoms. The molecule has 0 radical (unpaired) electrons. The van der Waals surface area contributed by atoms with Crippen LogP contribution >= 0.6 is 0 Å². The molecule has 2 rings (SSSR count). The Morgan fingerprint density at radius 1 is 1.42 bits per heavy atom. The van der Waals surface area contributed by atoms with Crippen LogP contribution in [0.15, 0.2) is 39.7 Å². The van der Waals surface area contributed by atoms with E-state index in [1.165, 1.54) is 19.4 Å². The number of hydrogen-bond donors (Lipinski definition) is 1. The Hall–Kier alpha value is -2.34. The maximum absolute atomic E-state index is 11.6. The van der Waals surface area contributed by atoms with Gasteiger partial charge in [-0.25, -0.2) is 4.98 Å². The van der Waals surface area contributed by atoms with E-state index in [4.69, 9.17) is 19.0 Å². The van der Waals surface area contributed by atoms with Crippen molar-refractivity contribution in [2.75, 3.05) is 7.11 Å². The lowest BCUT2D eigenvalue weighted by atomic mass is 10.3. The van der Waals surface area contributed by atoms with E-state index >= 15 is 0 Å². The Morgan fingerprint density at radius 3 is 2.95 bits per heavy atom. The van der Waals surface area contributed by atoms with Gasteiger partial charge in [0.15, 0.2) is 0 Å². The summed E-state index contributed by atoms with van der Waals surface area (Å²) >= 11 is 0. The smallest absolute Gasteiger partial charge is 0.227 e. The number of methoxy groups -OCH3 is 1. The number of aliphatic hydroxyl groups excluding tert-OH is 1. The van der Waals surface area contributed by atoms with Crippen molar-refractivity contribution in [3.8, 4) is 11.6 Å². The van der Waals surface area contributed by atoms with E-state index in [-0.39, 0.29) is 30.2 Å². The van der Waals surface area contributed by atoms with Crippen molar-refractivity contribution in [2.24, 2.45) is 0 Å². The summed E-state index contributed by atoms with van der Waals surface area (Å²) in [6.45, 7) is -0.201. The number of aliphatic hydroxyl groups is 1. The fourth-order valence-electron chi connectivity index (χ4n) is 1.43. The molecule has 2 aromatic rings. The van der Waals surface area contributed by atoms with Crippen LogP contribution in [0.1, 0.15) is 11.5 Å². The van der Waals surface area contributed by atoms with Crippen LogP contribution in [-0.4, -0.2) is 17.2 Å². The van der Waals surface area contributed by atoms with Crippen LogP contribution in [0.2, 0.25) is 0 Å². The first-order chi connectivity index (χ1) is 9.22. The molecule has 0 spiro atoms. The van der Waals surface area contributed by atoms with E-state index in [1.54, 1.807) is 18.2 Å².